The van der Waals surface area contributed by atoms with Crippen molar-refractivity contribution in [1.82, 2.24) is 24.6 Å². The van der Waals surface area contributed by atoms with Crippen molar-refractivity contribution < 1.29 is 9.18 Å². The molecule has 0 saturated carbocycles. The standard InChI is InChI=1S/C26H22FN5O2/c27-21-9-3-5-18(13-21)16-31-17-29-25-23(26(31)34)15-30-32(25)12-11-28-24(33)14-20-8-4-7-19-6-1-2-10-22(19)20/h1-10,13,15,17H,11-12,14,16H2,(H,28,33). The largest absolute Gasteiger partial charge is 0.354 e. The van der Waals surface area contributed by atoms with E-state index in [9.17, 15) is 14.0 Å². The highest BCUT2D eigenvalue weighted by Crippen LogP contribution is 2.18. The van der Waals surface area contributed by atoms with Crippen LogP contribution in [0.2, 0.25) is 0 Å². The number of rotatable bonds is 7. The lowest BCUT2D eigenvalue weighted by Crippen LogP contribution is -2.29. The molecule has 7 nitrogen and oxygen atoms in total. The number of hydrogen-bond acceptors (Lipinski definition) is 4. The molecule has 0 fully saturated rings. The minimum absolute atomic E-state index is 0.0850. The van der Waals surface area contributed by atoms with E-state index in [0.29, 0.717) is 29.7 Å². The smallest absolute Gasteiger partial charge is 0.264 e. The van der Waals surface area contributed by atoms with Gasteiger partial charge in [-0.3, -0.25) is 14.2 Å². The molecule has 0 bridgehead atoms. The van der Waals surface area contributed by atoms with Gasteiger partial charge in [0.15, 0.2) is 5.65 Å². The van der Waals surface area contributed by atoms with Crippen molar-refractivity contribution in [3.05, 3.63) is 107 Å². The summed E-state index contributed by atoms with van der Waals surface area (Å²) < 4.78 is 16.5. The zero-order valence-electron chi connectivity index (χ0n) is 18.3. The average molecular weight is 455 g/mol. The number of benzene rings is 3. The van der Waals surface area contributed by atoms with Crippen LogP contribution in [-0.2, 0) is 24.3 Å². The van der Waals surface area contributed by atoms with Gasteiger partial charge in [-0.15, -0.1) is 0 Å². The van der Waals surface area contributed by atoms with Crippen LogP contribution >= 0.6 is 0 Å². The second kappa shape index (κ2) is 9.27. The van der Waals surface area contributed by atoms with Crippen LogP contribution in [0.25, 0.3) is 21.8 Å². The van der Waals surface area contributed by atoms with Gasteiger partial charge in [0.2, 0.25) is 5.91 Å². The Morgan fingerprint density at radius 2 is 1.82 bits per heavy atom. The third-order valence-corrected chi connectivity index (χ3v) is 5.74. The van der Waals surface area contributed by atoms with Crippen LogP contribution < -0.4 is 10.9 Å². The Morgan fingerprint density at radius 1 is 1.00 bits per heavy atom. The van der Waals surface area contributed by atoms with Crippen molar-refractivity contribution in [3.8, 4) is 0 Å². The van der Waals surface area contributed by atoms with Crippen molar-refractivity contribution in [1.29, 1.82) is 0 Å². The molecule has 2 aromatic heterocycles. The lowest BCUT2D eigenvalue weighted by atomic mass is 10.0. The molecule has 8 heteroatoms. The van der Waals surface area contributed by atoms with Crippen LogP contribution in [0.15, 0.2) is 84.0 Å². The molecule has 5 aromatic rings. The van der Waals surface area contributed by atoms with Crippen LogP contribution in [0.1, 0.15) is 11.1 Å². The number of nitrogens with one attached hydrogen (secondary N) is 1. The fraction of sp³-hybridized carbons (Fsp3) is 0.154. The normalized spacial score (nSPS) is 11.2. The van der Waals surface area contributed by atoms with Gasteiger partial charge in [-0.1, -0.05) is 54.6 Å². The zero-order chi connectivity index (χ0) is 23.5. The molecule has 2 heterocycles. The van der Waals surface area contributed by atoms with E-state index in [1.54, 1.807) is 16.8 Å². The molecule has 0 saturated heterocycles. The molecule has 170 valence electrons. The molecule has 1 N–H and O–H groups in total. The van der Waals surface area contributed by atoms with Crippen LogP contribution in [0.5, 0.6) is 0 Å². The van der Waals surface area contributed by atoms with E-state index in [1.807, 2.05) is 42.5 Å². The molecule has 0 aliphatic heterocycles. The minimum atomic E-state index is -0.352. The maximum absolute atomic E-state index is 13.4. The Balaban J connectivity index is 1.24. The quantitative estimate of drug-likeness (QED) is 0.408. The van der Waals surface area contributed by atoms with E-state index in [1.165, 1.54) is 29.2 Å². The molecular weight excluding hydrogens is 433 g/mol. The van der Waals surface area contributed by atoms with Crippen LogP contribution in [-0.4, -0.2) is 31.8 Å². The van der Waals surface area contributed by atoms with Crippen LogP contribution in [0.4, 0.5) is 4.39 Å². The van der Waals surface area contributed by atoms with E-state index >= 15 is 0 Å². The fourth-order valence-electron chi connectivity index (χ4n) is 4.09. The van der Waals surface area contributed by atoms with Gasteiger partial charge in [0, 0.05) is 6.54 Å². The molecule has 0 atom stereocenters. The molecule has 0 radical (unpaired) electrons. The Morgan fingerprint density at radius 3 is 2.71 bits per heavy atom. The topological polar surface area (TPSA) is 81.8 Å². The predicted molar refractivity (Wildman–Crippen MR) is 128 cm³/mol. The van der Waals surface area contributed by atoms with Gasteiger partial charge in [-0.05, 0) is 34.0 Å². The molecular formula is C26H22FN5O2. The maximum Gasteiger partial charge on any atom is 0.264 e. The van der Waals surface area contributed by atoms with Gasteiger partial charge in [0.1, 0.15) is 17.5 Å². The number of carbonyl (C=O) groups is 1. The van der Waals surface area contributed by atoms with Gasteiger partial charge in [0.25, 0.3) is 5.56 Å². The van der Waals surface area contributed by atoms with Gasteiger partial charge in [-0.25, -0.2) is 14.1 Å². The zero-order valence-corrected chi connectivity index (χ0v) is 18.3. The second-order valence-corrected chi connectivity index (χ2v) is 8.08. The highest BCUT2D eigenvalue weighted by molar-refractivity contribution is 5.90. The van der Waals surface area contributed by atoms with Crippen LogP contribution in [0.3, 0.4) is 0 Å². The Labute approximate surface area is 194 Å². The monoisotopic (exact) mass is 455 g/mol. The van der Waals surface area contributed by atoms with Crippen molar-refractivity contribution in [2.75, 3.05) is 6.54 Å². The first kappa shape index (κ1) is 21.5. The predicted octanol–water partition coefficient (Wildman–Crippen LogP) is 3.29. The van der Waals surface area contributed by atoms with Gasteiger partial charge < -0.3 is 5.32 Å². The molecule has 0 aliphatic carbocycles. The first-order valence-corrected chi connectivity index (χ1v) is 11.0. The van der Waals surface area contributed by atoms with Crippen molar-refractivity contribution in [2.24, 2.45) is 0 Å². The summed E-state index contributed by atoms with van der Waals surface area (Å²) in [6, 6.07) is 20.0. The average Bonchev–Trinajstić information content (AvgIpc) is 3.25. The summed E-state index contributed by atoms with van der Waals surface area (Å²) in [4.78, 5) is 29.7. The molecule has 0 aliphatic rings. The molecule has 0 spiro atoms. The van der Waals surface area contributed by atoms with E-state index in [2.05, 4.69) is 15.4 Å². The van der Waals surface area contributed by atoms with E-state index < -0.39 is 0 Å². The fourth-order valence-corrected chi connectivity index (χ4v) is 4.09. The highest BCUT2D eigenvalue weighted by atomic mass is 19.1. The van der Waals surface area contributed by atoms with Gasteiger partial charge in [-0.2, -0.15) is 5.10 Å². The second-order valence-electron chi connectivity index (χ2n) is 8.08. The molecule has 34 heavy (non-hydrogen) atoms. The summed E-state index contributed by atoms with van der Waals surface area (Å²) in [6.45, 7) is 0.953. The maximum atomic E-state index is 13.4. The number of aromatic nitrogens is 4. The Hall–Kier alpha value is -4.33. The summed E-state index contributed by atoms with van der Waals surface area (Å²) >= 11 is 0. The molecule has 0 unspecified atom stereocenters. The number of nitrogens with zero attached hydrogens (tertiary/aromatic N) is 4. The molecule has 5 rings (SSSR count). The van der Waals surface area contributed by atoms with Gasteiger partial charge in [0.05, 0.1) is 25.7 Å². The minimum Gasteiger partial charge on any atom is -0.354 e. The van der Waals surface area contributed by atoms with E-state index in [-0.39, 0.29) is 30.2 Å². The lowest BCUT2D eigenvalue weighted by molar-refractivity contribution is -0.120. The summed E-state index contributed by atoms with van der Waals surface area (Å²) in [7, 11) is 0. The SMILES string of the molecule is O=C(Cc1cccc2ccccc12)NCCn1ncc2c(=O)n(Cc3cccc(F)c3)cnc21. The van der Waals surface area contributed by atoms with Crippen molar-refractivity contribution >= 4 is 27.7 Å². The first-order chi connectivity index (χ1) is 16.6. The number of hydrogen-bond donors (Lipinski definition) is 1. The first-order valence-electron chi connectivity index (χ1n) is 11.0. The van der Waals surface area contributed by atoms with Crippen LogP contribution in [0, 0.1) is 5.82 Å². The van der Waals surface area contributed by atoms with Crippen molar-refractivity contribution in [3.63, 3.8) is 0 Å². The number of carbonyl (C=O) groups excluding carboxylic acids is 1. The number of amides is 1. The summed E-state index contributed by atoms with van der Waals surface area (Å²) in [5.41, 5.74) is 1.84. The van der Waals surface area contributed by atoms with E-state index in [4.69, 9.17) is 0 Å². The summed E-state index contributed by atoms with van der Waals surface area (Å²) in [5.74, 6) is -0.437. The Bertz CT molecular complexity index is 1550. The Kier molecular flexibility index (Phi) is 5.86. The summed E-state index contributed by atoms with van der Waals surface area (Å²) in [5, 5.41) is 9.73. The lowest BCUT2D eigenvalue weighted by Gasteiger charge is -2.09. The number of fused-ring (bicyclic) bond motifs is 2. The molecule has 1 amide bonds. The highest BCUT2D eigenvalue weighted by Gasteiger charge is 2.12. The molecule has 3 aromatic carbocycles. The van der Waals surface area contributed by atoms with E-state index in [0.717, 1.165) is 16.3 Å². The third-order valence-electron chi connectivity index (χ3n) is 5.74. The van der Waals surface area contributed by atoms with Crippen molar-refractivity contribution in [2.45, 2.75) is 19.5 Å². The summed E-state index contributed by atoms with van der Waals surface area (Å²) in [6.07, 6.45) is 3.20. The van der Waals surface area contributed by atoms with Gasteiger partial charge >= 0.3 is 0 Å². The number of halogens is 1. The third kappa shape index (κ3) is 4.43.